The Hall–Kier alpha value is -4.15. The second-order valence-corrected chi connectivity index (χ2v) is 7.73. The number of carbonyl (C=O) groups is 1. The lowest BCUT2D eigenvalue weighted by atomic mass is 10.1. The van der Waals surface area contributed by atoms with Gasteiger partial charge in [-0.25, -0.2) is 9.69 Å². The van der Waals surface area contributed by atoms with Crippen LogP contribution in [0.25, 0.3) is 11.1 Å². The normalized spacial score (nSPS) is 12.0. The molecule has 1 heterocycles. The quantitative estimate of drug-likeness (QED) is 0.211. The van der Waals surface area contributed by atoms with Crippen LogP contribution in [0.4, 0.5) is 17.1 Å². The van der Waals surface area contributed by atoms with E-state index in [1.54, 1.807) is 31.2 Å². The van der Waals surface area contributed by atoms with Crippen molar-refractivity contribution >= 4 is 23.0 Å². The fourth-order valence-corrected chi connectivity index (χ4v) is 3.92. The molecule has 0 atom stereocenters. The van der Waals surface area contributed by atoms with Crippen molar-refractivity contribution in [2.45, 2.75) is 6.92 Å². The van der Waals surface area contributed by atoms with E-state index in [0.29, 0.717) is 17.1 Å². The molecule has 0 fully saturated rings. The van der Waals surface area contributed by atoms with Crippen molar-refractivity contribution in [3.05, 3.63) is 109 Å². The van der Waals surface area contributed by atoms with Gasteiger partial charge in [-0.2, -0.15) is 0 Å². The zero-order valence-electron chi connectivity index (χ0n) is 17.7. The fraction of sp³-hybridized carbons (Fsp3) is 0.0357. The molecule has 0 saturated heterocycles. The molecule has 0 aliphatic carbocycles. The zero-order valence-corrected chi connectivity index (χ0v) is 17.7. The molecule has 4 nitrogen and oxygen atoms in total. The standard InChI is InChI=1S/C28H21NO3/c1-19(2)28(30)32-23-17-15-22(16-18-23)31-21-13-11-20(12-14-21)29-26-9-5-3-7-24(26)25-8-4-6-10-27(25)29/h3-18H,1H2,2H3/p+1. The molecule has 4 aromatic rings. The Kier molecular flexibility index (Phi) is 5.06. The van der Waals surface area contributed by atoms with E-state index in [-0.39, 0.29) is 0 Å². The van der Waals surface area contributed by atoms with Crippen molar-refractivity contribution < 1.29 is 19.2 Å². The summed E-state index contributed by atoms with van der Waals surface area (Å²) in [7, 11) is 0. The first-order chi connectivity index (χ1) is 15.6. The monoisotopic (exact) mass is 420 g/mol. The average Bonchev–Trinajstić information content (AvgIpc) is 3.15. The first-order valence-electron chi connectivity index (χ1n) is 10.4. The van der Waals surface area contributed by atoms with Crippen LogP contribution in [-0.2, 0) is 4.79 Å². The van der Waals surface area contributed by atoms with Crippen LogP contribution < -0.4 is 14.4 Å². The van der Waals surface area contributed by atoms with Gasteiger partial charge < -0.3 is 9.47 Å². The first-order valence-corrected chi connectivity index (χ1v) is 10.4. The first kappa shape index (κ1) is 19.8. The summed E-state index contributed by atoms with van der Waals surface area (Å²) in [4.78, 5) is 12.9. The Bertz CT molecular complexity index is 1260. The summed E-state index contributed by atoms with van der Waals surface area (Å²) < 4.78 is 11.2. The molecule has 4 aromatic carbocycles. The van der Waals surface area contributed by atoms with E-state index in [0.717, 1.165) is 11.4 Å². The van der Waals surface area contributed by atoms with Crippen LogP contribution in [0.1, 0.15) is 6.92 Å². The van der Waals surface area contributed by atoms with Gasteiger partial charge in [0.25, 0.3) is 0 Å². The Morgan fingerprint density at radius 3 is 1.69 bits per heavy atom. The van der Waals surface area contributed by atoms with Crippen molar-refractivity contribution in [1.29, 1.82) is 0 Å². The van der Waals surface area contributed by atoms with Crippen molar-refractivity contribution in [1.82, 2.24) is 0 Å². The summed E-state index contributed by atoms with van der Waals surface area (Å²) in [6, 6.07) is 32.1. The van der Waals surface area contributed by atoms with Gasteiger partial charge >= 0.3 is 5.97 Å². The van der Waals surface area contributed by atoms with E-state index in [4.69, 9.17) is 9.47 Å². The number of para-hydroxylation sites is 2. The lowest BCUT2D eigenvalue weighted by Gasteiger charge is -2.15. The molecule has 5 rings (SSSR count). The van der Waals surface area contributed by atoms with Crippen LogP contribution in [0.3, 0.4) is 0 Å². The summed E-state index contributed by atoms with van der Waals surface area (Å²) in [5, 5.41) is 0. The number of ether oxygens (including phenoxy) is 2. The highest BCUT2D eigenvalue weighted by Crippen LogP contribution is 2.38. The van der Waals surface area contributed by atoms with Gasteiger partial charge in [-0.15, -0.1) is 0 Å². The summed E-state index contributed by atoms with van der Waals surface area (Å²) in [5.41, 5.74) is 6.55. The minimum absolute atomic E-state index is 0.357. The van der Waals surface area contributed by atoms with Gasteiger partial charge in [-0.3, -0.25) is 0 Å². The predicted molar refractivity (Wildman–Crippen MR) is 125 cm³/mol. The van der Waals surface area contributed by atoms with E-state index in [1.807, 2.05) is 12.1 Å². The summed E-state index contributed by atoms with van der Waals surface area (Å²) >= 11 is 0. The van der Waals surface area contributed by atoms with Crippen LogP contribution in [0.5, 0.6) is 17.2 Å². The van der Waals surface area contributed by atoms with Gasteiger partial charge in [-0.1, -0.05) is 30.8 Å². The minimum atomic E-state index is -0.443. The molecule has 0 spiro atoms. The third-order valence-corrected chi connectivity index (χ3v) is 5.44. The number of hydrogen-bond donors (Lipinski definition) is 1. The maximum Gasteiger partial charge on any atom is 0.338 e. The fourth-order valence-electron chi connectivity index (χ4n) is 3.92. The Morgan fingerprint density at radius 2 is 1.16 bits per heavy atom. The molecule has 1 aliphatic heterocycles. The lowest BCUT2D eigenvalue weighted by Crippen LogP contribution is -2.95. The van der Waals surface area contributed by atoms with Crippen LogP contribution in [0, 0.1) is 0 Å². The van der Waals surface area contributed by atoms with E-state index in [1.165, 1.54) is 27.4 Å². The van der Waals surface area contributed by atoms with Gasteiger partial charge in [0.15, 0.2) is 0 Å². The number of rotatable bonds is 5. The Labute approximate surface area is 187 Å². The van der Waals surface area contributed by atoms with Crippen LogP contribution in [0.2, 0.25) is 0 Å². The van der Waals surface area contributed by atoms with Crippen LogP contribution >= 0.6 is 0 Å². The summed E-state index contributed by atoms with van der Waals surface area (Å²) in [6.45, 7) is 5.20. The molecule has 0 radical (unpaired) electrons. The second kappa shape index (κ2) is 8.17. The highest BCUT2D eigenvalue weighted by atomic mass is 16.5. The average molecular weight is 420 g/mol. The largest absolute Gasteiger partial charge is 0.457 e. The van der Waals surface area contributed by atoms with Crippen molar-refractivity contribution in [3.63, 3.8) is 0 Å². The van der Waals surface area contributed by atoms with Crippen LogP contribution in [-0.4, -0.2) is 5.97 Å². The van der Waals surface area contributed by atoms with Crippen LogP contribution in [0.15, 0.2) is 109 Å². The SMILES string of the molecule is C=C(C)C(=O)Oc1ccc(Oc2ccc([NH+]3c4ccccc4-c4ccccc43)cc2)cc1. The number of hydrogen-bond acceptors (Lipinski definition) is 3. The van der Waals surface area contributed by atoms with E-state index < -0.39 is 5.97 Å². The highest BCUT2D eigenvalue weighted by molar-refractivity contribution is 5.88. The van der Waals surface area contributed by atoms with E-state index in [9.17, 15) is 4.79 Å². The predicted octanol–water partition coefficient (Wildman–Crippen LogP) is 6.12. The number of benzene rings is 4. The number of nitrogens with one attached hydrogen (secondary N) is 1. The molecule has 0 amide bonds. The third kappa shape index (κ3) is 3.68. The maximum atomic E-state index is 11.6. The van der Waals surface area contributed by atoms with Gasteiger partial charge in [0.1, 0.15) is 34.3 Å². The van der Waals surface area contributed by atoms with Gasteiger partial charge in [-0.05, 0) is 55.5 Å². The molecule has 32 heavy (non-hydrogen) atoms. The summed E-state index contributed by atoms with van der Waals surface area (Å²) in [6.07, 6.45) is 0. The molecule has 0 aromatic heterocycles. The molecule has 0 unspecified atom stereocenters. The molecule has 1 aliphatic rings. The zero-order chi connectivity index (χ0) is 22.1. The van der Waals surface area contributed by atoms with Crippen molar-refractivity contribution in [3.8, 4) is 28.4 Å². The van der Waals surface area contributed by atoms with Gasteiger partial charge in [0.05, 0.1) is 0 Å². The lowest BCUT2D eigenvalue weighted by molar-refractivity contribution is -0.677. The summed E-state index contributed by atoms with van der Waals surface area (Å²) in [5.74, 6) is 1.41. The van der Waals surface area contributed by atoms with Gasteiger partial charge in [0, 0.05) is 41.0 Å². The molecule has 4 heteroatoms. The topological polar surface area (TPSA) is 40.0 Å². The number of fused-ring (bicyclic) bond motifs is 3. The third-order valence-electron chi connectivity index (χ3n) is 5.44. The number of esters is 1. The Balaban J connectivity index is 1.35. The minimum Gasteiger partial charge on any atom is -0.457 e. The number of carbonyl (C=O) groups excluding carboxylic acids is 1. The van der Waals surface area contributed by atoms with Gasteiger partial charge in [0.2, 0.25) is 0 Å². The van der Waals surface area contributed by atoms with E-state index >= 15 is 0 Å². The maximum absolute atomic E-state index is 11.6. The molecule has 0 bridgehead atoms. The molecule has 156 valence electrons. The molecule has 0 saturated carbocycles. The van der Waals surface area contributed by atoms with Crippen molar-refractivity contribution in [2.24, 2.45) is 0 Å². The second-order valence-electron chi connectivity index (χ2n) is 7.73. The molecular weight excluding hydrogens is 398 g/mol. The molecule has 1 N–H and O–H groups in total. The highest BCUT2D eigenvalue weighted by Gasteiger charge is 2.32. The number of quaternary nitrogens is 1. The Morgan fingerprint density at radius 1 is 0.688 bits per heavy atom. The van der Waals surface area contributed by atoms with E-state index in [2.05, 4.69) is 67.2 Å². The smallest absolute Gasteiger partial charge is 0.338 e. The molecular formula is C28H22NO3+. The van der Waals surface area contributed by atoms with Crippen molar-refractivity contribution in [2.75, 3.05) is 0 Å².